The summed E-state index contributed by atoms with van der Waals surface area (Å²) in [6.07, 6.45) is 8.44. The van der Waals surface area contributed by atoms with Crippen LogP contribution in [0.5, 0.6) is 0 Å². The van der Waals surface area contributed by atoms with Crippen molar-refractivity contribution >= 4 is 34.0 Å². The fourth-order valence-corrected chi connectivity index (χ4v) is 8.72. The van der Waals surface area contributed by atoms with Gasteiger partial charge in [-0.05, 0) is 74.0 Å². The van der Waals surface area contributed by atoms with E-state index in [9.17, 15) is 13.2 Å². The molecule has 2 bridgehead atoms. The molecule has 2 aliphatic heterocycles. The Morgan fingerprint density at radius 2 is 2.00 bits per heavy atom. The molecule has 2 aromatic rings. The van der Waals surface area contributed by atoms with Crippen molar-refractivity contribution in [1.82, 2.24) is 9.62 Å². The summed E-state index contributed by atoms with van der Waals surface area (Å²) >= 11 is 0. The van der Waals surface area contributed by atoms with Crippen molar-refractivity contribution in [2.24, 2.45) is 17.3 Å². The van der Waals surface area contributed by atoms with E-state index >= 15 is 0 Å². The molecular formula is C28H37BN2O6S. The molecule has 1 aromatic carbocycles. The lowest BCUT2D eigenvalue weighted by atomic mass is 9.43. The number of likely N-dealkylation sites (N-methyl/N-ethyl adjacent to an activating group) is 1. The fraction of sp³-hybridized carbons (Fsp3) is 0.607. The summed E-state index contributed by atoms with van der Waals surface area (Å²) in [5.74, 6) is 0.181. The Labute approximate surface area is 225 Å². The van der Waals surface area contributed by atoms with E-state index in [0.29, 0.717) is 31.1 Å². The van der Waals surface area contributed by atoms with Gasteiger partial charge in [0.15, 0.2) is 0 Å². The third kappa shape index (κ3) is 4.33. The number of nitrogens with zero attached hydrogens (tertiary/aromatic N) is 1. The van der Waals surface area contributed by atoms with E-state index in [2.05, 4.69) is 25.5 Å². The van der Waals surface area contributed by atoms with Gasteiger partial charge in [-0.25, -0.2) is 13.1 Å². The molecule has 1 amide bonds. The van der Waals surface area contributed by atoms with Crippen LogP contribution in [0.1, 0.15) is 52.0 Å². The fourth-order valence-electron chi connectivity index (χ4n) is 7.37. The van der Waals surface area contributed by atoms with Gasteiger partial charge in [0.1, 0.15) is 5.58 Å². The Balaban J connectivity index is 1.23. The average Bonchev–Trinajstić information content (AvgIpc) is 3.44. The van der Waals surface area contributed by atoms with Crippen molar-refractivity contribution < 1.29 is 26.9 Å². The summed E-state index contributed by atoms with van der Waals surface area (Å²) in [7, 11) is -2.68. The first kappa shape index (κ1) is 26.1. The third-order valence-electron chi connectivity index (χ3n) is 9.91. The largest absolute Gasteiger partial charge is 0.477 e. The maximum absolute atomic E-state index is 13.4. The van der Waals surface area contributed by atoms with E-state index < -0.39 is 28.7 Å². The molecule has 204 valence electrons. The number of nitrogens with one attached hydrogen (secondary N) is 1. The topological polar surface area (TPSA) is 98.1 Å². The van der Waals surface area contributed by atoms with Gasteiger partial charge in [0.05, 0.1) is 29.7 Å². The lowest BCUT2D eigenvalue weighted by Crippen LogP contribution is -2.65. The molecule has 6 atom stereocenters. The van der Waals surface area contributed by atoms with E-state index in [1.54, 1.807) is 18.2 Å². The van der Waals surface area contributed by atoms with E-state index in [0.717, 1.165) is 29.4 Å². The summed E-state index contributed by atoms with van der Waals surface area (Å²) in [5, 5.41) is 0.954. The average molecular weight is 540 g/mol. The number of carbonyl (C=O) groups is 1. The van der Waals surface area contributed by atoms with Crippen molar-refractivity contribution in [3.63, 3.8) is 0 Å². The molecule has 1 N–H and O–H groups in total. The minimum absolute atomic E-state index is 0.0499. The van der Waals surface area contributed by atoms with Crippen molar-refractivity contribution in [1.29, 1.82) is 0 Å². The van der Waals surface area contributed by atoms with Crippen LogP contribution in [0.15, 0.2) is 47.1 Å². The van der Waals surface area contributed by atoms with Gasteiger partial charge in [-0.2, -0.15) is 0 Å². The molecule has 5 aliphatic rings. The van der Waals surface area contributed by atoms with E-state index in [1.807, 2.05) is 30.3 Å². The number of rotatable bonds is 8. The standard InChI is InChI=1S/C28H37BN2O6S/c1-27(2)19-15-23(27)28(3)24(16-19)36-29(37-28)25(14-18-17-35-22-10-6-5-9-21(18)22)30-38(33,34)13-12-20-8-7-11-26(32)31(20)4/h5-7,9-11,17,19-20,23-25,30H,8,12-16H2,1-4H3/t19-,20?,23-,24+,25-,28-/m0/s1. The number of para-hydroxylation sites is 1. The number of sulfonamides is 1. The van der Waals surface area contributed by atoms with Gasteiger partial charge < -0.3 is 18.6 Å². The molecule has 3 aliphatic carbocycles. The SMILES string of the molecule is CN1C(=O)C=CCC1CCS(=O)(=O)N[C@@H](Cc1coc2ccccc12)B1O[C@@H]2C[C@@H]3C[C@@H](C3(C)C)[C@]2(C)O1. The van der Waals surface area contributed by atoms with Crippen molar-refractivity contribution in [3.8, 4) is 0 Å². The number of hydrogen-bond donors (Lipinski definition) is 1. The minimum atomic E-state index is -3.70. The lowest BCUT2D eigenvalue weighted by molar-refractivity contribution is -0.199. The molecule has 8 nitrogen and oxygen atoms in total. The second-order valence-electron chi connectivity index (χ2n) is 12.4. The van der Waals surface area contributed by atoms with Crippen molar-refractivity contribution in [2.75, 3.05) is 12.8 Å². The van der Waals surface area contributed by atoms with E-state index in [4.69, 9.17) is 13.7 Å². The Hall–Kier alpha value is -2.14. The molecule has 1 unspecified atom stereocenters. The highest BCUT2D eigenvalue weighted by Gasteiger charge is 2.68. The third-order valence-corrected chi connectivity index (χ3v) is 11.3. The van der Waals surface area contributed by atoms with Gasteiger partial charge in [-0.3, -0.25) is 4.79 Å². The molecule has 3 saturated carbocycles. The Kier molecular flexibility index (Phi) is 6.33. The zero-order valence-corrected chi connectivity index (χ0v) is 23.4. The Morgan fingerprint density at radius 3 is 2.79 bits per heavy atom. The predicted octanol–water partition coefficient (Wildman–Crippen LogP) is 3.71. The number of furan rings is 1. The Bertz CT molecular complexity index is 1370. The maximum atomic E-state index is 13.4. The smallest absolute Gasteiger partial charge is 0.464 e. The molecular weight excluding hydrogens is 503 g/mol. The molecule has 10 heteroatoms. The predicted molar refractivity (Wildman–Crippen MR) is 146 cm³/mol. The molecule has 1 saturated heterocycles. The van der Waals surface area contributed by atoms with Crippen LogP contribution in [0.2, 0.25) is 0 Å². The zero-order valence-electron chi connectivity index (χ0n) is 22.6. The summed E-state index contributed by atoms with van der Waals surface area (Å²) in [5.41, 5.74) is 1.42. The van der Waals surface area contributed by atoms with Crippen LogP contribution >= 0.6 is 0 Å². The van der Waals surface area contributed by atoms with Gasteiger partial charge in [0.2, 0.25) is 15.9 Å². The minimum Gasteiger partial charge on any atom is -0.464 e. The van der Waals surface area contributed by atoms with Crippen LogP contribution in [0.3, 0.4) is 0 Å². The van der Waals surface area contributed by atoms with E-state index in [-0.39, 0.29) is 29.2 Å². The van der Waals surface area contributed by atoms with Crippen molar-refractivity contribution in [2.45, 2.75) is 76.6 Å². The van der Waals surface area contributed by atoms with Crippen LogP contribution in [0, 0.1) is 17.3 Å². The van der Waals surface area contributed by atoms with Crippen LogP contribution in [-0.2, 0) is 30.5 Å². The Morgan fingerprint density at radius 1 is 1.21 bits per heavy atom. The first-order valence-electron chi connectivity index (χ1n) is 13.7. The second kappa shape index (κ2) is 9.22. The highest BCUT2D eigenvalue weighted by atomic mass is 32.2. The summed E-state index contributed by atoms with van der Waals surface area (Å²) < 4.78 is 48.7. The summed E-state index contributed by atoms with van der Waals surface area (Å²) in [4.78, 5) is 13.6. The first-order valence-corrected chi connectivity index (χ1v) is 15.3. The number of amides is 1. The van der Waals surface area contributed by atoms with Gasteiger partial charge in [0.25, 0.3) is 0 Å². The number of carbonyl (C=O) groups excluding carboxylic acids is 1. The summed E-state index contributed by atoms with van der Waals surface area (Å²) in [6, 6.07) is 7.61. The van der Waals surface area contributed by atoms with Gasteiger partial charge in [-0.15, -0.1) is 0 Å². The number of fused-ring (bicyclic) bond motifs is 1. The zero-order chi connectivity index (χ0) is 26.9. The molecule has 0 spiro atoms. The highest BCUT2D eigenvalue weighted by molar-refractivity contribution is 7.89. The quantitative estimate of drug-likeness (QED) is 0.513. The van der Waals surface area contributed by atoms with Crippen LogP contribution in [0.4, 0.5) is 0 Å². The number of benzene rings is 1. The van der Waals surface area contributed by atoms with Crippen LogP contribution in [0.25, 0.3) is 11.0 Å². The van der Waals surface area contributed by atoms with E-state index in [1.165, 1.54) is 6.08 Å². The molecule has 3 heterocycles. The molecule has 1 aromatic heterocycles. The molecule has 4 fully saturated rings. The van der Waals surface area contributed by atoms with Gasteiger partial charge >= 0.3 is 7.12 Å². The molecule has 7 rings (SSSR count). The maximum Gasteiger partial charge on any atom is 0.477 e. The summed E-state index contributed by atoms with van der Waals surface area (Å²) in [6.45, 7) is 6.76. The monoisotopic (exact) mass is 540 g/mol. The van der Waals surface area contributed by atoms with Gasteiger partial charge in [0, 0.05) is 18.5 Å². The van der Waals surface area contributed by atoms with Crippen LogP contribution in [-0.4, -0.2) is 62.8 Å². The number of hydrogen-bond acceptors (Lipinski definition) is 6. The normalized spacial score (nSPS) is 32.9. The van der Waals surface area contributed by atoms with Gasteiger partial charge in [-0.1, -0.05) is 38.1 Å². The first-order chi connectivity index (χ1) is 18.0. The highest BCUT2D eigenvalue weighted by Crippen LogP contribution is 2.65. The lowest BCUT2D eigenvalue weighted by Gasteiger charge is -2.64. The van der Waals surface area contributed by atoms with Crippen molar-refractivity contribution in [3.05, 3.63) is 48.2 Å². The second-order valence-corrected chi connectivity index (χ2v) is 14.2. The molecule has 38 heavy (non-hydrogen) atoms. The molecule has 0 radical (unpaired) electrons. The van der Waals surface area contributed by atoms with Crippen LogP contribution < -0.4 is 4.72 Å².